The van der Waals surface area contributed by atoms with Crippen LogP contribution in [0, 0.1) is 17.2 Å². The summed E-state index contributed by atoms with van der Waals surface area (Å²) in [5.41, 5.74) is 1.19. The predicted octanol–water partition coefficient (Wildman–Crippen LogP) is 1.79. The molecule has 1 aliphatic carbocycles. The molecule has 0 spiro atoms. The second kappa shape index (κ2) is 5.72. The average Bonchev–Trinajstić information content (AvgIpc) is 3.23. The summed E-state index contributed by atoms with van der Waals surface area (Å²) in [5.74, 6) is 0.352. The molecule has 2 amide bonds. The molecule has 0 radical (unpaired) electrons. The summed E-state index contributed by atoms with van der Waals surface area (Å²) >= 11 is 0. The van der Waals surface area contributed by atoms with Crippen molar-refractivity contribution in [3.8, 4) is 6.07 Å². The Morgan fingerprint density at radius 2 is 2.16 bits per heavy atom. The van der Waals surface area contributed by atoms with Crippen molar-refractivity contribution in [2.75, 3.05) is 18.9 Å². The van der Waals surface area contributed by atoms with Gasteiger partial charge in [0.2, 0.25) is 0 Å². The molecule has 0 saturated heterocycles. The molecule has 0 bridgehead atoms. The first-order valence-corrected chi connectivity index (χ1v) is 6.30. The number of likely N-dealkylation sites (N-methyl/N-ethyl adjacent to an activating group) is 1. The van der Waals surface area contributed by atoms with Gasteiger partial charge in [-0.25, -0.2) is 4.79 Å². The first kappa shape index (κ1) is 13.4. The van der Waals surface area contributed by atoms with E-state index in [1.54, 1.807) is 31.3 Å². The SMILES string of the molecule is CN(CC(O)C1CC1)C(=O)Nc1ccc(C#N)cc1. The first-order chi connectivity index (χ1) is 9.10. The molecule has 0 aromatic heterocycles. The third kappa shape index (κ3) is 3.70. The maximum Gasteiger partial charge on any atom is 0.321 e. The number of carbonyl (C=O) groups excluding carboxylic acids is 1. The number of aliphatic hydroxyl groups excluding tert-OH is 1. The summed E-state index contributed by atoms with van der Waals surface area (Å²) in [5, 5.41) is 21.2. The Morgan fingerprint density at radius 3 is 2.68 bits per heavy atom. The molecule has 2 N–H and O–H groups in total. The lowest BCUT2D eigenvalue weighted by molar-refractivity contribution is 0.117. The van der Waals surface area contributed by atoms with Crippen molar-refractivity contribution in [3.63, 3.8) is 0 Å². The van der Waals surface area contributed by atoms with Crippen LogP contribution in [0.3, 0.4) is 0 Å². The van der Waals surface area contributed by atoms with E-state index in [2.05, 4.69) is 5.32 Å². The molecule has 0 heterocycles. The number of nitriles is 1. The van der Waals surface area contributed by atoms with Gasteiger partial charge in [-0.15, -0.1) is 0 Å². The van der Waals surface area contributed by atoms with Crippen LogP contribution in [0.5, 0.6) is 0 Å². The van der Waals surface area contributed by atoms with Crippen LogP contribution in [-0.2, 0) is 0 Å². The standard InChI is InChI=1S/C14H17N3O2/c1-17(9-13(18)11-4-5-11)14(19)16-12-6-2-10(8-15)3-7-12/h2-3,6-7,11,13,18H,4-5,9H2,1H3,(H,16,19). The molecule has 5 heteroatoms. The van der Waals surface area contributed by atoms with Crippen LogP contribution < -0.4 is 5.32 Å². The lowest BCUT2D eigenvalue weighted by atomic mass is 10.2. The summed E-state index contributed by atoms with van der Waals surface area (Å²) in [6.45, 7) is 0.340. The normalized spacial score (nSPS) is 15.4. The van der Waals surface area contributed by atoms with Gasteiger partial charge in [-0.3, -0.25) is 0 Å². The monoisotopic (exact) mass is 259 g/mol. The summed E-state index contributed by atoms with van der Waals surface area (Å²) < 4.78 is 0. The number of anilines is 1. The van der Waals surface area contributed by atoms with Crippen molar-refractivity contribution < 1.29 is 9.90 Å². The van der Waals surface area contributed by atoms with E-state index in [1.807, 2.05) is 6.07 Å². The van der Waals surface area contributed by atoms with Crippen molar-refractivity contribution >= 4 is 11.7 Å². The van der Waals surface area contributed by atoms with Crippen LogP contribution >= 0.6 is 0 Å². The lowest BCUT2D eigenvalue weighted by Crippen LogP contribution is -2.37. The highest BCUT2D eigenvalue weighted by Crippen LogP contribution is 2.32. The van der Waals surface area contributed by atoms with Gasteiger partial charge in [-0.2, -0.15) is 5.26 Å². The average molecular weight is 259 g/mol. The molecule has 1 aromatic carbocycles. The Hall–Kier alpha value is -2.06. The van der Waals surface area contributed by atoms with E-state index in [0.29, 0.717) is 23.7 Å². The number of aliphatic hydroxyl groups is 1. The Bertz CT molecular complexity index is 488. The zero-order chi connectivity index (χ0) is 13.8. The Labute approximate surface area is 112 Å². The number of carbonyl (C=O) groups is 1. The van der Waals surface area contributed by atoms with E-state index in [1.165, 1.54) is 4.90 Å². The molecule has 1 unspecified atom stereocenters. The fourth-order valence-electron chi connectivity index (χ4n) is 1.84. The summed E-state index contributed by atoms with van der Waals surface area (Å²) in [4.78, 5) is 13.4. The molecule has 1 fully saturated rings. The lowest BCUT2D eigenvalue weighted by Gasteiger charge is -2.21. The molecule has 2 rings (SSSR count). The second-order valence-electron chi connectivity index (χ2n) is 4.90. The molecule has 100 valence electrons. The van der Waals surface area contributed by atoms with Crippen LogP contribution in [0.25, 0.3) is 0 Å². The molecular weight excluding hydrogens is 242 g/mol. The summed E-state index contributed by atoms with van der Waals surface area (Å²) in [7, 11) is 1.66. The van der Waals surface area contributed by atoms with Crippen LogP contribution in [0.2, 0.25) is 0 Å². The van der Waals surface area contributed by atoms with Gasteiger partial charge in [0.25, 0.3) is 0 Å². The highest BCUT2D eigenvalue weighted by atomic mass is 16.3. The van der Waals surface area contributed by atoms with E-state index >= 15 is 0 Å². The fraction of sp³-hybridized carbons (Fsp3) is 0.429. The van der Waals surface area contributed by atoms with Gasteiger partial charge in [0.1, 0.15) is 0 Å². The van der Waals surface area contributed by atoms with Crippen molar-refractivity contribution in [2.24, 2.45) is 5.92 Å². The molecule has 1 saturated carbocycles. The Morgan fingerprint density at radius 1 is 1.53 bits per heavy atom. The van der Waals surface area contributed by atoms with Gasteiger partial charge in [-0.1, -0.05) is 0 Å². The number of amides is 2. The van der Waals surface area contributed by atoms with Gasteiger partial charge < -0.3 is 15.3 Å². The number of urea groups is 1. The minimum atomic E-state index is -0.434. The number of rotatable bonds is 4. The van der Waals surface area contributed by atoms with Crippen molar-refractivity contribution in [3.05, 3.63) is 29.8 Å². The Balaban J connectivity index is 1.86. The van der Waals surface area contributed by atoms with E-state index < -0.39 is 6.10 Å². The van der Waals surface area contributed by atoms with Gasteiger partial charge in [0.15, 0.2) is 0 Å². The number of nitrogens with zero attached hydrogens (tertiary/aromatic N) is 2. The number of benzene rings is 1. The van der Waals surface area contributed by atoms with Crippen molar-refractivity contribution in [2.45, 2.75) is 18.9 Å². The quantitative estimate of drug-likeness (QED) is 0.865. The van der Waals surface area contributed by atoms with Gasteiger partial charge >= 0.3 is 6.03 Å². The zero-order valence-electron chi connectivity index (χ0n) is 10.8. The largest absolute Gasteiger partial charge is 0.391 e. The molecular formula is C14H17N3O2. The maximum atomic E-state index is 11.9. The van der Waals surface area contributed by atoms with Crippen LogP contribution in [0.4, 0.5) is 10.5 Å². The van der Waals surface area contributed by atoms with Crippen molar-refractivity contribution in [1.29, 1.82) is 5.26 Å². The minimum Gasteiger partial charge on any atom is -0.391 e. The number of hydrogen-bond acceptors (Lipinski definition) is 3. The number of hydrogen-bond donors (Lipinski definition) is 2. The molecule has 19 heavy (non-hydrogen) atoms. The van der Waals surface area contributed by atoms with Crippen molar-refractivity contribution in [1.82, 2.24) is 4.90 Å². The second-order valence-corrected chi connectivity index (χ2v) is 4.90. The predicted molar refractivity (Wildman–Crippen MR) is 71.5 cm³/mol. The van der Waals surface area contributed by atoms with E-state index in [9.17, 15) is 9.90 Å². The highest BCUT2D eigenvalue weighted by Gasteiger charge is 2.31. The highest BCUT2D eigenvalue weighted by molar-refractivity contribution is 5.89. The van der Waals surface area contributed by atoms with Crippen LogP contribution in [0.1, 0.15) is 18.4 Å². The smallest absolute Gasteiger partial charge is 0.321 e. The van der Waals surface area contributed by atoms with Gasteiger partial charge in [0.05, 0.1) is 17.7 Å². The zero-order valence-corrected chi connectivity index (χ0v) is 10.8. The number of nitrogens with one attached hydrogen (secondary N) is 1. The Kier molecular flexibility index (Phi) is 4.03. The van der Waals surface area contributed by atoms with E-state index in [-0.39, 0.29) is 6.03 Å². The first-order valence-electron chi connectivity index (χ1n) is 6.30. The van der Waals surface area contributed by atoms with E-state index in [0.717, 1.165) is 12.8 Å². The van der Waals surface area contributed by atoms with Crippen LogP contribution in [0.15, 0.2) is 24.3 Å². The van der Waals surface area contributed by atoms with Gasteiger partial charge in [0, 0.05) is 19.3 Å². The third-order valence-corrected chi connectivity index (χ3v) is 3.24. The van der Waals surface area contributed by atoms with E-state index in [4.69, 9.17) is 5.26 Å². The maximum absolute atomic E-state index is 11.9. The minimum absolute atomic E-state index is 0.260. The summed E-state index contributed by atoms with van der Waals surface area (Å²) in [6.07, 6.45) is 1.66. The molecule has 1 atom stereocenters. The molecule has 5 nitrogen and oxygen atoms in total. The summed E-state index contributed by atoms with van der Waals surface area (Å²) in [6, 6.07) is 8.42. The van der Waals surface area contributed by atoms with Crippen LogP contribution in [-0.4, -0.2) is 35.7 Å². The molecule has 0 aliphatic heterocycles. The molecule has 1 aliphatic rings. The third-order valence-electron chi connectivity index (χ3n) is 3.24. The topological polar surface area (TPSA) is 76.4 Å². The fourth-order valence-corrected chi connectivity index (χ4v) is 1.84. The van der Waals surface area contributed by atoms with Gasteiger partial charge in [-0.05, 0) is 43.0 Å². The molecule has 1 aromatic rings.